The maximum Gasteiger partial charge on any atom is 0.338 e. The molecule has 1 aliphatic rings. The quantitative estimate of drug-likeness (QED) is 0.642. The van der Waals surface area contributed by atoms with Gasteiger partial charge < -0.3 is 15.4 Å². The number of rotatable bonds is 7. The van der Waals surface area contributed by atoms with Crippen molar-refractivity contribution in [2.75, 3.05) is 31.3 Å². The van der Waals surface area contributed by atoms with E-state index in [2.05, 4.69) is 17.6 Å². The van der Waals surface area contributed by atoms with Gasteiger partial charge in [-0.25, -0.2) is 13.2 Å². The standard InChI is InChI=1S/C19H28N2O5S.ClH/c1-4-26-19(23)15-10-16(12-17(11-15)27(3,24)25)21-18(22)9-13(2)14-5-7-20-8-6-14;/h10-14,20H,4-9H2,1-3H3,(H,21,22);1H. The number of ether oxygens (including phenoxy) is 1. The van der Waals surface area contributed by atoms with Crippen LogP contribution in [0.1, 0.15) is 43.5 Å². The molecular weight excluding hydrogens is 404 g/mol. The van der Waals surface area contributed by atoms with Gasteiger partial charge in [-0.2, -0.15) is 0 Å². The minimum Gasteiger partial charge on any atom is -0.462 e. The summed E-state index contributed by atoms with van der Waals surface area (Å²) in [6.45, 7) is 5.85. The lowest BCUT2D eigenvalue weighted by atomic mass is 9.84. The van der Waals surface area contributed by atoms with E-state index in [1.807, 2.05) is 0 Å². The normalized spacial score (nSPS) is 16.0. The fraction of sp³-hybridized carbons (Fsp3) is 0.579. The second kappa shape index (κ2) is 10.8. The number of benzene rings is 1. The van der Waals surface area contributed by atoms with Gasteiger partial charge in [0.2, 0.25) is 5.91 Å². The van der Waals surface area contributed by atoms with E-state index >= 15 is 0 Å². The summed E-state index contributed by atoms with van der Waals surface area (Å²) in [5, 5.41) is 6.04. The molecule has 1 aromatic carbocycles. The summed E-state index contributed by atoms with van der Waals surface area (Å²) in [5.74, 6) is -0.0905. The maximum absolute atomic E-state index is 12.4. The lowest BCUT2D eigenvalue weighted by Gasteiger charge is -2.27. The van der Waals surface area contributed by atoms with E-state index < -0.39 is 15.8 Å². The average molecular weight is 433 g/mol. The summed E-state index contributed by atoms with van der Waals surface area (Å²) in [4.78, 5) is 24.4. The maximum atomic E-state index is 12.4. The lowest BCUT2D eigenvalue weighted by molar-refractivity contribution is -0.117. The third kappa shape index (κ3) is 7.07. The molecule has 7 nitrogen and oxygen atoms in total. The first-order chi connectivity index (χ1) is 12.7. The van der Waals surface area contributed by atoms with E-state index in [9.17, 15) is 18.0 Å². The van der Waals surface area contributed by atoms with Gasteiger partial charge in [-0.3, -0.25) is 4.79 Å². The van der Waals surface area contributed by atoms with E-state index in [-0.39, 0.29) is 47.0 Å². The molecule has 9 heteroatoms. The van der Waals surface area contributed by atoms with Gasteiger partial charge in [0, 0.05) is 18.4 Å². The smallest absolute Gasteiger partial charge is 0.338 e. The molecule has 0 spiro atoms. The highest BCUT2D eigenvalue weighted by Gasteiger charge is 2.22. The SMILES string of the molecule is CCOC(=O)c1cc(NC(=O)CC(C)C2CCNCC2)cc(S(C)(=O)=O)c1.Cl. The third-order valence-corrected chi connectivity index (χ3v) is 5.92. The predicted octanol–water partition coefficient (Wildman–Crippen LogP) is 2.65. The van der Waals surface area contributed by atoms with Crippen LogP contribution in [0.25, 0.3) is 0 Å². The molecule has 1 heterocycles. The largest absolute Gasteiger partial charge is 0.462 e. The average Bonchev–Trinajstić information content (AvgIpc) is 2.61. The van der Waals surface area contributed by atoms with Gasteiger partial charge in [-0.1, -0.05) is 6.92 Å². The van der Waals surface area contributed by atoms with Crippen molar-refractivity contribution in [1.29, 1.82) is 0 Å². The number of amides is 1. The Hall–Kier alpha value is -1.64. The summed E-state index contributed by atoms with van der Waals surface area (Å²) in [7, 11) is -3.54. The number of esters is 1. The number of carbonyl (C=O) groups excluding carboxylic acids is 2. The lowest BCUT2D eigenvalue weighted by Crippen LogP contribution is -2.32. The van der Waals surface area contributed by atoms with Gasteiger partial charge in [0.25, 0.3) is 0 Å². The van der Waals surface area contributed by atoms with Gasteiger partial charge in [0.05, 0.1) is 17.1 Å². The van der Waals surface area contributed by atoms with Crippen molar-refractivity contribution in [3.63, 3.8) is 0 Å². The highest BCUT2D eigenvalue weighted by Crippen LogP contribution is 2.25. The van der Waals surface area contributed by atoms with E-state index in [1.54, 1.807) is 6.92 Å². The molecule has 0 radical (unpaired) electrons. The number of hydrogen-bond acceptors (Lipinski definition) is 6. The van der Waals surface area contributed by atoms with Gasteiger partial charge in [-0.15, -0.1) is 12.4 Å². The van der Waals surface area contributed by atoms with Crippen molar-refractivity contribution in [2.45, 2.75) is 38.0 Å². The molecule has 0 saturated carbocycles. The molecule has 158 valence electrons. The van der Waals surface area contributed by atoms with Gasteiger partial charge in [0.15, 0.2) is 9.84 Å². The Kier molecular flexibility index (Phi) is 9.39. The summed E-state index contributed by atoms with van der Waals surface area (Å²) in [6, 6.07) is 4.07. The molecule has 1 amide bonds. The summed E-state index contributed by atoms with van der Waals surface area (Å²) >= 11 is 0. The fourth-order valence-corrected chi connectivity index (χ4v) is 3.98. The van der Waals surface area contributed by atoms with E-state index in [4.69, 9.17) is 4.74 Å². The second-order valence-corrected chi connectivity index (χ2v) is 9.07. The molecule has 1 unspecified atom stereocenters. The third-order valence-electron chi connectivity index (χ3n) is 4.83. The molecule has 1 aromatic rings. The Morgan fingerprint density at radius 3 is 2.46 bits per heavy atom. The molecule has 1 aliphatic heterocycles. The molecule has 2 rings (SSSR count). The molecule has 1 saturated heterocycles. The zero-order valence-electron chi connectivity index (χ0n) is 16.5. The van der Waals surface area contributed by atoms with Crippen LogP contribution in [-0.2, 0) is 19.4 Å². The van der Waals surface area contributed by atoms with Crippen LogP contribution < -0.4 is 10.6 Å². The topological polar surface area (TPSA) is 102 Å². The first-order valence-electron chi connectivity index (χ1n) is 9.23. The Morgan fingerprint density at radius 2 is 1.89 bits per heavy atom. The summed E-state index contributed by atoms with van der Waals surface area (Å²) in [5.41, 5.74) is 0.380. The number of hydrogen-bond donors (Lipinski definition) is 2. The minimum atomic E-state index is -3.54. The molecule has 1 atom stereocenters. The Bertz CT molecular complexity index is 792. The molecule has 0 aliphatic carbocycles. The zero-order chi connectivity index (χ0) is 20.0. The highest BCUT2D eigenvalue weighted by atomic mass is 35.5. The van der Waals surface area contributed by atoms with Crippen LogP contribution in [-0.4, -0.2) is 46.2 Å². The van der Waals surface area contributed by atoms with Gasteiger partial charge >= 0.3 is 5.97 Å². The van der Waals surface area contributed by atoms with Crippen molar-refractivity contribution >= 4 is 39.8 Å². The number of carbonyl (C=O) groups is 2. The number of nitrogens with one attached hydrogen (secondary N) is 2. The Balaban J connectivity index is 0.00000392. The van der Waals surface area contributed by atoms with Gasteiger partial charge in [0.1, 0.15) is 0 Å². The summed E-state index contributed by atoms with van der Waals surface area (Å²) in [6.07, 6.45) is 3.50. The van der Waals surface area contributed by atoms with Crippen LogP contribution in [0, 0.1) is 11.8 Å². The fourth-order valence-electron chi connectivity index (χ4n) is 3.30. The molecule has 0 bridgehead atoms. The molecule has 0 aromatic heterocycles. The van der Waals surface area contributed by atoms with Crippen LogP contribution in [0.15, 0.2) is 23.1 Å². The Morgan fingerprint density at radius 1 is 1.25 bits per heavy atom. The highest BCUT2D eigenvalue weighted by molar-refractivity contribution is 7.90. The van der Waals surface area contributed by atoms with Crippen LogP contribution in [0.2, 0.25) is 0 Å². The van der Waals surface area contributed by atoms with E-state index in [0.29, 0.717) is 12.3 Å². The van der Waals surface area contributed by atoms with Crippen LogP contribution in [0.4, 0.5) is 5.69 Å². The van der Waals surface area contributed by atoms with E-state index in [1.165, 1.54) is 18.2 Å². The molecular formula is C19H29ClN2O5S. The Labute approximate surface area is 172 Å². The van der Waals surface area contributed by atoms with Crippen molar-refractivity contribution in [3.05, 3.63) is 23.8 Å². The number of piperidine rings is 1. The van der Waals surface area contributed by atoms with Gasteiger partial charge in [-0.05, 0) is 62.9 Å². The first kappa shape index (κ1) is 24.4. The monoisotopic (exact) mass is 432 g/mol. The predicted molar refractivity (Wildman–Crippen MR) is 111 cm³/mol. The molecule has 1 fully saturated rings. The minimum absolute atomic E-state index is 0. The van der Waals surface area contributed by atoms with Crippen molar-refractivity contribution in [2.24, 2.45) is 11.8 Å². The molecule has 2 N–H and O–H groups in total. The van der Waals surface area contributed by atoms with E-state index in [0.717, 1.165) is 32.2 Å². The first-order valence-corrected chi connectivity index (χ1v) is 11.1. The van der Waals surface area contributed by atoms with Crippen molar-refractivity contribution in [3.8, 4) is 0 Å². The van der Waals surface area contributed by atoms with Crippen molar-refractivity contribution < 1.29 is 22.7 Å². The van der Waals surface area contributed by atoms with Crippen molar-refractivity contribution in [1.82, 2.24) is 5.32 Å². The van der Waals surface area contributed by atoms with Crippen LogP contribution in [0.5, 0.6) is 0 Å². The zero-order valence-corrected chi connectivity index (χ0v) is 18.1. The van der Waals surface area contributed by atoms with Crippen LogP contribution in [0.3, 0.4) is 0 Å². The number of halogens is 1. The molecule has 28 heavy (non-hydrogen) atoms. The number of sulfone groups is 1. The second-order valence-electron chi connectivity index (χ2n) is 7.06. The summed E-state index contributed by atoms with van der Waals surface area (Å²) < 4.78 is 28.8. The van der Waals surface area contributed by atoms with Crippen LogP contribution >= 0.6 is 12.4 Å². The number of anilines is 1.